The molecule has 0 aromatic carbocycles. The minimum atomic E-state index is -0.401. The zero-order chi connectivity index (χ0) is 20.7. The summed E-state index contributed by atoms with van der Waals surface area (Å²) in [6.07, 6.45) is 0.944. The number of aryl methyl sites for hydroxylation is 3. The molecule has 8 nitrogen and oxygen atoms in total. The molecule has 2 aromatic heterocycles. The Hall–Kier alpha value is -2.55. The van der Waals surface area contributed by atoms with E-state index in [1.165, 1.54) is 0 Å². The summed E-state index contributed by atoms with van der Waals surface area (Å²) in [7, 11) is 0. The van der Waals surface area contributed by atoms with Gasteiger partial charge in [-0.3, -0.25) is 4.79 Å². The Labute approximate surface area is 169 Å². The van der Waals surface area contributed by atoms with Crippen molar-refractivity contribution in [1.29, 1.82) is 0 Å². The van der Waals surface area contributed by atoms with Crippen LogP contribution in [0.3, 0.4) is 0 Å². The highest BCUT2D eigenvalue weighted by atomic mass is 32.1. The second-order valence-electron chi connectivity index (χ2n) is 6.98. The zero-order valence-electron chi connectivity index (χ0n) is 17.0. The predicted octanol–water partition coefficient (Wildman–Crippen LogP) is 3.50. The van der Waals surface area contributed by atoms with Gasteiger partial charge in [0.1, 0.15) is 4.88 Å². The lowest BCUT2D eigenvalue weighted by Gasteiger charge is -2.06. The molecule has 1 amide bonds. The summed E-state index contributed by atoms with van der Waals surface area (Å²) < 4.78 is 5.23. The summed E-state index contributed by atoms with van der Waals surface area (Å²) in [4.78, 5) is 37.5. The molecular formula is C19H27N5O3S. The van der Waals surface area contributed by atoms with Crippen LogP contribution >= 0.6 is 11.3 Å². The van der Waals surface area contributed by atoms with Crippen LogP contribution in [0.15, 0.2) is 6.07 Å². The maximum atomic E-state index is 12.1. The second kappa shape index (κ2) is 10.1. The van der Waals surface area contributed by atoms with Gasteiger partial charge in [0.2, 0.25) is 11.9 Å². The maximum Gasteiger partial charge on any atom is 0.350 e. The van der Waals surface area contributed by atoms with Crippen LogP contribution in [0.2, 0.25) is 0 Å². The molecule has 2 heterocycles. The van der Waals surface area contributed by atoms with Gasteiger partial charge in [-0.05, 0) is 39.2 Å². The molecule has 0 unspecified atom stereocenters. The first-order chi connectivity index (χ1) is 13.2. The number of thiazole rings is 1. The highest BCUT2D eigenvalue weighted by molar-refractivity contribution is 7.17. The third kappa shape index (κ3) is 6.88. The number of hydrogen-bond donors (Lipinski definition) is 2. The average Bonchev–Trinajstić information content (AvgIpc) is 2.96. The van der Waals surface area contributed by atoms with Crippen molar-refractivity contribution in [2.45, 2.75) is 47.5 Å². The topological polar surface area (TPSA) is 106 Å². The number of amides is 1. The van der Waals surface area contributed by atoms with Crippen molar-refractivity contribution in [2.24, 2.45) is 5.92 Å². The quantitative estimate of drug-likeness (QED) is 0.486. The Morgan fingerprint density at radius 2 is 1.82 bits per heavy atom. The van der Waals surface area contributed by atoms with Crippen LogP contribution in [0.5, 0.6) is 0 Å². The van der Waals surface area contributed by atoms with Crippen molar-refractivity contribution >= 4 is 34.3 Å². The van der Waals surface area contributed by atoms with Crippen molar-refractivity contribution in [3.8, 4) is 0 Å². The molecule has 152 valence electrons. The van der Waals surface area contributed by atoms with Gasteiger partial charge in [0.15, 0.2) is 5.13 Å². The van der Waals surface area contributed by atoms with Crippen LogP contribution in [0, 0.1) is 26.7 Å². The van der Waals surface area contributed by atoms with E-state index in [4.69, 9.17) is 4.74 Å². The summed E-state index contributed by atoms with van der Waals surface area (Å²) in [6.45, 7) is 10.4. The Morgan fingerprint density at radius 1 is 1.14 bits per heavy atom. The fraction of sp³-hybridized carbons (Fsp3) is 0.526. The number of nitrogens with zero attached hydrogens (tertiary/aromatic N) is 3. The molecule has 2 aromatic rings. The summed E-state index contributed by atoms with van der Waals surface area (Å²) in [5, 5.41) is 6.27. The molecule has 0 spiro atoms. The van der Waals surface area contributed by atoms with Gasteiger partial charge in [-0.15, -0.1) is 0 Å². The average molecular weight is 406 g/mol. The monoisotopic (exact) mass is 405 g/mol. The minimum Gasteiger partial charge on any atom is -0.461 e. The third-order valence-electron chi connectivity index (χ3n) is 3.62. The molecule has 0 saturated carbocycles. The van der Waals surface area contributed by atoms with Crippen molar-refractivity contribution in [3.63, 3.8) is 0 Å². The van der Waals surface area contributed by atoms with Gasteiger partial charge in [-0.25, -0.2) is 19.7 Å². The normalized spacial score (nSPS) is 10.8. The van der Waals surface area contributed by atoms with Crippen LogP contribution in [-0.4, -0.2) is 40.0 Å². The van der Waals surface area contributed by atoms with Crippen molar-refractivity contribution in [1.82, 2.24) is 15.0 Å². The first kappa shape index (κ1) is 21.7. The molecule has 2 rings (SSSR count). The Balaban J connectivity index is 1.78. The molecule has 9 heteroatoms. The molecule has 0 atom stereocenters. The number of anilines is 2. The van der Waals surface area contributed by atoms with Gasteiger partial charge in [-0.1, -0.05) is 25.2 Å². The zero-order valence-corrected chi connectivity index (χ0v) is 17.8. The summed E-state index contributed by atoms with van der Waals surface area (Å²) in [5.41, 5.74) is 2.35. The summed E-state index contributed by atoms with van der Waals surface area (Å²) >= 11 is 1.13. The number of ether oxygens (including phenoxy) is 1. The SMILES string of the molecule is Cc1cc(C)nc(NCCCC(=O)Nc2nc(C)c(C(=O)OCC(C)C)s2)n1. The fourth-order valence-corrected chi connectivity index (χ4v) is 3.26. The molecule has 0 aliphatic heterocycles. The van der Waals surface area contributed by atoms with E-state index in [-0.39, 0.29) is 11.8 Å². The molecule has 0 radical (unpaired) electrons. The van der Waals surface area contributed by atoms with Gasteiger partial charge in [0.25, 0.3) is 0 Å². The smallest absolute Gasteiger partial charge is 0.350 e. The van der Waals surface area contributed by atoms with Gasteiger partial charge < -0.3 is 15.4 Å². The van der Waals surface area contributed by atoms with Crippen LogP contribution in [-0.2, 0) is 9.53 Å². The van der Waals surface area contributed by atoms with E-state index in [2.05, 4.69) is 25.6 Å². The summed E-state index contributed by atoms with van der Waals surface area (Å²) in [6, 6.07) is 1.90. The van der Waals surface area contributed by atoms with E-state index in [0.717, 1.165) is 22.7 Å². The molecule has 0 fully saturated rings. The predicted molar refractivity (Wildman–Crippen MR) is 110 cm³/mol. The van der Waals surface area contributed by atoms with E-state index >= 15 is 0 Å². The number of carbonyl (C=O) groups is 2. The third-order valence-corrected chi connectivity index (χ3v) is 4.68. The lowest BCUT2D eigenvalue weighted by molar-refractivity contribution is -0.116. The molecule has 0 saturated heterocycles. The fourth-order valence-electron chi connectivity index (χ4n) is 2.38. The van der Waals surface area contributed by atoms with Gasteiger partial charge in [0.05, 0.1) is 12.3 Å². The number of aromatic nitrogens is 3. The van der Waals surface area contributed by atoms with Crippen LogP contribution in [0.1, 0.15) is 53.4 Å². The second-order valence-corrected chi connectivity index (χ2v) is 7.98. The molecule has 0 bridgehead atoms. The number of hydrogen-bond acceptors (Lipinski definition) is 8. The Kier molecular flexibility index (Phi) is 7.86. The number of esters is 1. The first-order valence-electron chi connectivity index (χ1n) is 9.25. The van der Waals surface area contributed by atoms with Crippen molar-refractivity contribution in [2.75, 3.05) is 23.8 Å². The Bertz CT molecular complexity index is 815. The largest absolute Gasteiger partial charge is 0.461 e. The molecular weight excluding hydrogens is 378 g/mol. The Morgan fingerprint density at radius 3 is 2.46 bits per heavy atom. The van der Waals surface area contributed by atoms with Crippen LogP contribution in [0.25, 0.3) is 0 Å². The molecule has 28 heavy (non-hydrogen) atoms. The highest BCUT2D eigenvalue weighted by Crippen LogP contribution is 2.23. The van der Waals surface area contributed by atoms with Crippen LogP contribution < -0.4 is 10.6 Å². The van der Waals surface area contributed by atoms with E-state index in [0.29, 0.717) is 47.6 Å². The van der Waals surface area contributed by atoms with Crippen molar-refractivity contribution in [3.05, 3.63) is 28.0 Å². The minimum absolute atomic E-state index is 0.154. The van der Waals surface area contributed by atoms with E-state index < -0.39 is 5.97 Å². The molecule has 2 N–H and O–H groups in total. The first-order valence-corrected chi connectivity index (χ1v) is 10.1. The summed E-state index contributed by atoms with van der Waals surface area (Å²) in [5.74, 6) is 0.276. The van der Waals surface area contributed by atoms with Crippen molar-refractivity contribution < 1.29 is 14.3 Å². The molecule has 0 aliphatic rings. The number of carbonyl (C=O) groups excluding carboxylic acids is 2. The lowest BCUT2D eigenvalue weighted by Crippen LogP contribution is -2.14. The number of rotatable bonds is 9. The standard InChI is InChI=1S/C19H27N5O3S/c1-11(2)10-27-17(26)16-14(5)23-19(28-16)24-15(25)7-6-8-20-18-21-12(3)9-13(4)22-18/h9,11H,6-8,10H2,1-5H3,(H,20,21,22)(H,23,24,25). The van der Waals surface area contributed by atoms with Crippen LogP contribution in [0.4, 0.5) is 11.1 Å². The van der Waals surface area contributed by atoms with E-state index in [1.807, 2.05) is 33.8 Å². The number of nitrogens with one attached hydrogen (secondary N) is 2. The highest BCUT2D eigenvalue weighted by Gasteiger charge is 2.18. The van der Waals surface area contributed by atoms with Gasteiger partial charge >= 0.3 is 5.97 Å². The lowest BCUT2D eigenvalue weighted by atomic mass is 10.2. The van der Waals surface area contributed by atoms with E-state index in [1.54, 1.807) is 6.92 Å². The molecule has 0 aliphatic carbocycles. The van der Waals surface area contributed by atoms with Gasteiger partial charge in [0, 0.05) is 24.4 Å². The van der Waals surface area contributed by atoms with E-state index in [9.17, 15) is 9.59 Å². The maximum absolute atomic E-state index is 12.1. The van der Waals surface area contributed by atoms with Gasteiger partial charge in [-0.2, -0.15) is 0 Å².